The Kier molecular flexibility index (Phi) is 7.02. The molecule has 0 radical (unpaired) electrons. The normalized spacial score (nSPS) is 14.1. The maximum Gasteiger partial charge on any atom is 0.306 e. The molecule has 2 aromatic carbocycles. The Morgan fingerprint density at radius 3 is 1.81 bits per heavy atom. The van der Waals surface area contributed by atoms with Gasteiger partial charge in [0.1, 0.15) is 18.4 Å². The van der Waals surface area contributed by atoms with Crippen LogP contribution in [0.2, 0.25) is 0 Å². The lowest BCUT2D eigenvalue weighted by Gasteiger charge is -2.31. The summed E-state index contributed by atoms with van der Waals surface area (Å²) in [4.78, 5) is 33.5. The molecule has 0 aromatic heterocycles. The van der Waals surface area contributed by atoms with Crippen LogP contribution in [0.4, 0.5) is 10.1 Å². The van der Waals surface area contributed by atoms with Crippen LogP contribution in [0.15, 0.2) is 48.5 Å². The summed E-state index contributed by atoms with van der Waals surface area (Å²) in [5.41, 5.74) is 2.21. The van der Waals surface area contributed by atoms with E-state index in [2.05, 4.69) is 4.90 Å². The molecular formula is C20H20FNO4. The minimum atomic E-state index is -0.694. The number of rotatable bonds is 4. The molecule has 0 saturated carbocycles. The van der Waals surface area contributed by atoms with Crippen molar-refractivity contribution in [1.82, 2.24) is 0 Å². The minimum absolute atomic E-state index is 0.208. The molecule has 1 fully saturated rings. The number of aliphatic carboxylic acids is 1. The van der Waals surface area contributed by atoms with E-state index in [1.54, 1.807) is 12.1 Å². The van der Waals surface area contributed by atoms with Gasteiger partial charge in [-0.3, -0.25) is 14.4 Å². The number of aldehydes is 2. The van der Waals surface area contributed by atoms with Crippen molar-refractivity contribution in [2.24, 2.45) is 5.92 Å². The van der Waals surface area contributed by atoms with Crippen LogP contribution in [-0.2, 0) is 4.79 Å². The fourth-order valence-corrected chi connectivity index (χ4v) is 2.69. The molecule has 3 rings (SSSR count). The highest BCUT2D eigenvalue weighted by molar-refractivity contribution is 5.76. The number of carbonyl (C=O) groups excluding carboxylic acids is 2. The SMILES string of the molecule is O=Cc1ccc(F)cc1.O=Cc1ccc(N2CCC(C(=O)O)CC2)cc1. The molecule has 26 heavy (non-hydrogen) atoms. The van der Waals surface area contributed by atoms with Crippen LogP contribution in [0.5, 0.6) is 0 Å². The highest BCUT2D eigenvalue weighted by Crippen LogP contribution is 2.23. The summed E-state index contributed by atoms with van der Waals surface area (Å²) >= 11 is 0. The highest BCUT2D eigenvalue weighted by atomic mass is 19.1. The second-order valence-corrected chi connectivity index (χ2v) is 5.98. The number of anilines is 1. The third kappa shape index (κ3) is 5.51. The Morgan fingerprint density at radius 2 is 1.38 bits per heavy atom. The van der Waals surface area contributed by atoms with Gasteiger partial charge in [-0.1, -0.05) is 0 Å². The van der Waals surface area contributed by atoms with Crippen molar-refractivity contribution in [2.45, 2.75) is 12.8 Å². The quantitative estimate of drug-likeness (QED) is 0.849. The second kappa shape index (κ2) is 9.46. The number of hydrogen-bond acceptors (Lipinski definition) is 4. The van der Waals surface area contributed by atoms with Crippen molar-refractivity contribution >= 4 is 24.2 Å². The second-order valence-electron chi connectivity index (χ2n) is 5.98. The third-order valence-corrected chi connectivity index (χ3v) is 4.24. The molecule has 0 aliphatic carbocycles. The van der Waals surface area contributed by atoms with E-state index in [1.165, 1.54) is 24.3 Å². The molecule has 2 aromatic rings. The van der Waals surface area contributed by atoms with Crippen LogP contribution >= 0.6 is 0 Å². The number of carboxylic acids is 1. The number of benzene rings is 2. The lowest BCUT2D eigenvalue weighted by atomic mass is 9.97. The minimum Gasteiger partial charge on any atom is -0.481 e. The molecule has 0 bridgehead atoms. The molecule has 0 unspecified atom stereocenters. The lowest BCUT2D eigenvalue weighted by Crippen LogP contribution is -2.36. The predicted octanol–water partition coefficient (Wildman–Crippen LogP) is 3.44. The Morgan fingerprint density at radius 1 is 0.923 bits per heavy atom. The van der Waals surface area contributed by atoms with Crippen molar-refractivity contribution in [3.05, 3.63) is 65.5 Å². The predicted molar refractivity (Wildman–Crippen MR) is 96.2 cm³/mol. The van der Waals surface area contributed by atoms with Gasteiger partial charge in [-0.05, 0) is 61.4 Å². The Hall–Kier alpha value is -3.02. The summed E-state index contributed by atoms with van der Waals surface area (Å²) in [6.07, 6.45) is 2.87. The monoisotopic (exact) mass is 357 g/mol. The van der Waals surface area contributed by atoms with E-state index < -0.39 is 5.97 Å². The average molecular weight is 357 g/mol. The first-order valence-corrected chi connectivity index (χ1v) is 8.27. The number of carboxylic acid groups (broad SMARTS) is 1. The summed E-state index contributed by atoms with van der Waals surface area (Å²) < 4.78 is 12.1. The van der Waals surface area contributed by atoms with Gasteiger partial charge in [-0.2, -0.15) is 0 Å². The van der Waals surface area contributed by atoms with E-state index in [4.69, 9.17) is 5.11 Å². The molecule has 1 aliphatic heterocycles. The average Bonchev–Trinajstić information content (AvgIpc) is 2.69. The molecule has 1 N–H and O–H groups in total. The topological polar surface area (TPSA) is 74.7 Å². The van der Waals surface area contributed by atoms with Crippen molar-refractivity contribution in [3.8, 4) is 0 Å². The van der Waals surface area contributed by atoms with Crippen LogP contribution in [0.1, 0.15) is 33.6 Å². The first-order valence-electron chi connectivity index (χ1n) is 8.27. The van der Waals surface area contributed by atoms with Crippen LogP contribution in [-0.4, -0.2) is 36.7 Å². The molecular weight excluding hydrogens is 337 g/mol. The first-order chi connectivity index (χ1) is 12.5. The molecule has 0 amide bonds. The molecule has 1 aliphatic rings. The summed E-state index contributed by atoms with van der Waals surface area (Å²) in [6, 6.07) is 12.8. The first kappa shape index (κ1) is 19.3. The molecule has 0 atom stereocenters. The zero-order valence-electron chi connectivity index (χ0n) is 14.2. The van der Waals surface area contributed by atoms with Gasteiger partial charge >= 0.3 is 5.97 Å². The van der Waals surface area contributed by atoms with Crippen LogP contribution in [0, 0.1) is 11.7 Å². The molecule has 1 heterocycles. The van der Waals surface area contributed by atoms with Gasteiger partial charge in [0.25, 0.3) is 0 Å². The number of piperidine rings is 1. The van der Waals surface area contributed by atoms with E-state index in [0.29, 0.717) is 30.3 Å². The van der Waals surface area contributed by atoms with E-state index in [-0.39, 0.29) is 11.7 Å². The number of carbonyl (C=O) groups is 3. The highest BCUT2D eigenvalue weighted by Gasteiger charge is 2.24. The summed E-state index contributed by atoms with van der Waals surface area (Å²) in [5, 5.41) is 8.91. The number of nitrogens with zero attached hydrogens (tertiary/aromatic N) is 1. The van der Waals surface area contributed by atoms with Gasteiger partial charge < -0.3 is 10.0 Å². The summed E-state index contributed by atoms with van der Waals surface area (Å²) in [7, 11) is 0. The molecule has 0 spiro atoms. The van der Waals surface area contributed by atoms with E-state index in [9.17, 15) is 18.8 Å². The Labute approximate surface area is 151 Å². The lowest BCUT2D eigenvalue weighted by molar-refractivity contribution is -0.142. The molecule has 5 nitrogen and oxygen atoms in total. The van der Waals surface area contributed by atoms with E-state index in [0.717, 1.165) is 25.1 Å². The van der Waals surface area contributed by atoms with Gasteiger partial charge in [-0.15, -0.1) is 0 Å². The van der Waals surface area contributed by atoms with E-state index >= 15 is 0 Å². The summed E-state index contributed by atoms with van der Waals surface area (Å²) in [6.45, 7) is 1.52. The van der Waals surface area contributed by atoms with Gasteiger partial charge in [-0.25, -0.2) is 4.39 Å². The molecule has 136 valence electrons. The largest absolute Gasteiger partial charge is 0.481 e. The Balaban J connectivity index is 0.000000228. The zero-order valence-corrected chi connectivity index (χ0v) is 14.2. The van der Waals surface area contributed by atoms with Crippen molar-refractivity contribution < 1.29 is 23.9 Å². The van der Waals surface area contributed by atoms with Gasteiger partial charge in [0.15, 0.2) is 0 Å². The standard InChI is InChI=1S/C13H15NO3.C7H5FO/c15-9-10-1-3-12(4-2-10)14-7-5-11(6-8-14)13(16)17;8-7-3-1-6(5-9)2-4-7/h1-4,9,11H,5-8H2,(H,16,17);1-5H. The number of halogens is 1. The maximum absolute atomic E-state index is 12.1. The van der Waals surface area contributed by atoms with E-state index in [1.807, 2.05) is 12.1 Å². The van der Waals surface area contributed by atoms with Crippen LogP contribution in [0.25, 0.3) is 0 Å². The van der Waals surface area contributed by atoms with Crippen LogP contribution < -0.4 is 4.90 Å². The third-order valence-electron chi connectivity index (χ3n) is 4.24. The fourth-order valence-electron chi connectivity index (χ4n) is 2.69. The van der Waals surface area contributed by atoms with Gasteiger partial charge in [0, 0.05) is 29.9 Å². The Bertz CT molecular complexity index is 735. The van der Waals surface area contributed by atoms with Crippen molar-refractivity contribution in [1.29, 1.82) is 0 Å². The maximum atomic E-state index is 12.1. The van der Waals surface area contributed by atoms with Crippen LogP contribution in [0.3, 0.4) is 0 Å². The zero-order chi connectivity index (χ0) is 18.9. The smallest absolute Gasteiger partial charge is 0.306 e. The summed E-state index contributed by atoms with van der Waals surface area (Å²) in [5.74, 6) is -1.22. The van der Waals surface area contributed by atoms with Crippen molar-refractivity contribution in [3.63, 3.8) is 0 Å². The number of hydrogen-bond donors (Lipinski definition) is 1. The molecule has 6 heteroatoms. The van der Waals surface area contributed by atoms with Gasteiger partial charge in [0.2, 0.25) is 0 Å². The molecule has 1 saturated heterocycles. The van der Waals surface area contributed by atoms with Crippen molar-refractivity contribution in [2.75, 3.05) is 18.0 Å². The fraction of sp³-hybridized carbons (Fsp3) is 0.250. The van der Waals surface area contributed by atoms with Gasteiger partial charge in [0.05, 0.1) is 5.92 Å².